The third kappa shape index (κ3) is 2.20. The molecule has 1 aliphatic rings. The molecule has 6 nitrogen and oxygen atoms in total. The van der Waals surface area contributed by atoms with Gasteiger partial charge in [0.15, 0.2) is 11.6 Å². The van der Waals surface area contributed by atoms with Crippen molar-refractivity contribution in [1.82, 2.24) is 9.97 Å². The van der Waals surface area contributed by atoms with Gasteiger partial charge in [-0.15, -0.1) is 0 Å². The first-order valence-corrected chi connectivity index (χ1v) is 5.13. The number of aliphatic hydroxyl groups excluding tert-OH is 1. The van der Waals surface area contributed by atoms with Gasteiger partial charge in [0.05, 0.1) is 12.3 Å². The number of piperidine rings is 1. The second-order valence-electron chi connectivity index (χ2n) is 3.75. The van der Waals surface area contributed by atoms with Crippen molar-refractivity contribution < 1.29 is 9.50 Å². The van der Waals surface area contributed by atoms with Gasteiger partial charge >= 0.3 is 0 Å². The number of hydrogen-bond acceptors (Lipinski definition) is 6. The predicted octanol–water partition coefficient (Wildman–Crippen LogP) is -0.138. The van der Waals surface area contributed by atoms with E-state index in [-0.39, 0.29) is 11.8 Å². The Morgan fingerprint density at radius 1 is 1.62 bits per heavy atom. The smallest absolute Gasteiger partial charge is 0.239 e. The van der Waals surface area contributed by atoms with Crippen molar-refractivity contribution >= 4 is 11.8 Å². The van der Waals surface area contributed by atoms with Crippen LogP contribution in [0.2, 0.25) is 0 Å². The van der Waals surface area contributed by atoms with E-state index < -0.39 is 11.9 Å². The average Bonchev–Trinajstić information content (AvgIpc) is 2.30. The fourth-order valence-corrected chi connectivity index (χ4v) is 1.80. The maximum atomic E-state index is 13.5. The number of nitrogens with one attached hydrogen (secondary N) is 1. The largest absolute Gasteiger partial charge is 0.391 e. The number of anilines is 2. The van der Waals surface area contributed by atoms with Crippen LogP contribution in [0.15, 0.2) is 6.20 Å². The zero-order valence-corrected chi connectivity index (χ0v) is 8.73. The molecule has 0 bridgehead atoms. The third-order valence-corrected chi connectivity index (χ3v) is 2.55. The maximum absolute atomic E-state index is 13.5. The molecule has 0 spiro atoms. The normalized spacial score (nSPS) is 20.9. The topological polar surface area (TPSA) is 87.3 Å². The minimum atomic E-state index is -0.506. The Balaban J connectivity index is 2.24. The number of nitrogen functional groups attached to an aromatic ring is 1. The Labute approximate surface area is 92.3 Å². The highest BCUT2D eigenvalue weighted by Crippen LogP contribution is 2.21. The van der Waals surface area contributed by atoms with E-state index in [1.807, 2.05) is 0 Å². The van der Waals surface area contributed by atoms with Gasteiger partial charge in [0.1, 0.15) is 0 Å². The molecule has 1 aromatic heterocycles. The molecule has 88 valence electrons. The third-order valence-electron chi connectivity index (χ3n) is 2.55. The van der Waals surface area contributed by atoms with Crippen LogP contribution in [0.1, 0.15) is 12.8 Å². The fraction of sp³-hybridized carbons (Fsp3) is 0.556. The van der Waals surface area contributed by atoms with Gasteiger partial charge in [0.2, 0.25) is 5.95 Å². The molecule has 16 heavy (non-hydrogen) atoms. The lowest BCUT2D eigenvalue weighted by Crippen LogP contribution is -2.39. The second-order valence-corrected chi connectivity index (χ2v) is 3.75. The van der Waals surface area contributed by atoms with Crippen molar-refractivity contribution in [3.8, 4) is 0 Å². The Bertz CT molecular complexity index is 375. The van der Waals surface area contributed by atoms with Crippen molar-refractivity contribution in [1.29, 1.82) is 0 Å². The van der Waals surface area contributed by atoms with Gasteiger partial charge < -0.3 is 10.0 Å². The summed E-state index contributed by atoms with van der Waals surface area (Å²) in [4.78, 5) is 9.30. The average molecular weight is 227 g/mol. The highest BCUT2D eigenvalue weighted by Gasteiger charge is 2.22. The minimum Gasteiger partial charge on any atom is -0.391 e. The van der Waals surface area contributed by atoms with E-state index in [1.54, 1.807) is 4.90 Å². The van der Waals surface area contributed by atoms with E-state index in [1.165, 1.54) is 0 Å². The summed E-state index contributed by atoms with van der Waals surface area (Å²) in [5.41, 5.74) is 2.27. The van der Waals surface area contributed by atoms with E-state index in [0.717, 1.165) is 19.0 Å². The van der Waals surface area contributed by atoms with Crippen molar-refractivity contribution in [3.05, 3.63) is 12.0 Å². The molecule has 2 heterocycles. The maximum Gasteiger partial charge on any atom is 0.239 e. The standard InChI is InChI=1S/C9H14FN5O/c10-7-4-12-9(14-11)13-8(7)15-3-1-2-6(16)5-15/h4,6,16H,1-3,5,11H2,(H,12,13,14). The zero-order chi connectivity index (χ0) is 11.5. The lowest BCUT2D eigenvalue weighted by molar-refractivity contribution is 0.153. The number of aromatic nitrogens is 2. The lowest BCUT2D eigenvalue weighted by Gasteiger charge is -2.31. The van der Waals surface area contributed by atoms with Crippen molar-refractivity contribution in [3.63, 3.8) is 0 Å². The summed E-state index contributed by atoms with van der Waals surface area (Å²) in [6.07, 6.45) is 2.19. The van der Waals surface area contributed by atoms with Crippen molar-refractivity contribution in [2.24, 2.45) is 5.84 Å². The monoisotopic (exact) mass is 227 g/mol. The first-order chi connectivity index (χ1) is 7.70. The SMILES string of the molecule is NNc1ncc(F)c(N2CCCC(O)C2)n1. The summed E-state index contributed by atoms with van der Waals surface area (Å²) in [5, 5.41) is 9.51. The molecule has 7 heteroatoms. The number of rotatable bonds is 2. The van der Waals surface area contributed by atoms with Crippen LogP contribution in [0.5, 0.6) is 0 Å². The number of hydrazine groups is 1. The van der Waals surface area contributed by atoms with E-state index in [0.29, 0.717) is 13.1 Å². The van der Waals surface area contributed by atoms with Gasteiger partial charge in [-0.2, -0.15) is 4.98 Å². The second kappa shape index (κ2) is 4.58. The van der Waals surface area contributed by atoms with E-state index in [4.69, 9.17) is 5.84 Å². The molecule has 0 aromatic carbocycles. The molecule has 2 rings (SSSR count). The quantitative estimate of drug-likeness (QED) is 0.481. The van der Waals surface area contributed by atoms with Gasteiger partial charge in [-0.05, 0) is 12.8 Å². The number of nitrogens with zero attached hydrogens (tertiary/aromatic N) is 3. The Kier molecular flexibility index (Phi) is 3.16. The Morgan fingerprint density at radius 2 is 2.44 bits per heavy atom. The summed E-state index contributed by atoms with van der Waals surface area (Å²) >= 11 is 0. The summed E-state index contributed by atoms with van der Waals surface area (Å²) < 4.78 is 13.5. The molecule has 4 N–H and O–H groups in total. The minimum absolute atomic E-state index is 0.163. The number of β-amino-alcohol motifs (C(OH)–C–C–N with tert-alkyl or cyclic N) is 1. The molecule has 0 radical (unpaired) electrons. The molecule has 1 fully saturated rings. The highest BCUT2D eigenvalue weighted by molar-refractivity contribution is 5.44. The van der Waals surface area contributed by atoms with Gasteiger partial charge in [0, 0.05) is 13.1 Å². The van der Waals surface area contributed by atoms with Gasteiger partial charge in [-0.1, -0.05) is 0 Å². The zero-order valence-electron chi connectivity index (χ0n) is 8.73. The number of hydrogen-bond donors (Lipinski definition) is 3. The van der Waals surface area contributed by atoms with Crippen LogP contribution in [0.3, 0.4) is 0 Å². The molecule has 1 atom stereocenters. The summed E-state index contributed by atoms with van der Waals surface area (Å²) in [6.45, 7) is 1.06. The molecule has 1 aromatic rings. The molecular formula is C9H14FN5O. The molecular weight excluding hydrogens is 213 g/mol. The van der Waals surface area contributed by atoms with E-state index in [9.17, 15) is 9.50 Å². The number of halogens is 1. The predicted molar refractivity (Wildman–Crippen MR) is 57.3 cm³/mol. The lowest BCUT2D eigenvalue weighted by atomic mass is 10.1. The summed E-state index contributed by atoms with van der Waals surface area (Å²) in [5.74, 6) is 5.00. The first-order valence-electron chi connectivity index (χ1n) is 5.13. The molecule has 1 saturated heterocycles. The van der Waals surface area contributed by atoms with Crippen LogP contribution in [-0.2, 0) is 0 Å². The number of nitrogens with two attached hydrogens (primary N) is 1. The molecule has 0 amide bonds. The van der Waals surface area contributed by atoms with Crippen LogP contribution in [0.4, 0.5) is 16.2 Å². The Morgan fingerprint density at radius 3 is 3.12 bits per heavy atom. The van der Waals surface area contributed by atoms with E-state index >= 15 is 0 Å². The fourth-order valence-electron chi connectivity index (χ4n) is 1.80. The van der Waals surface area contributed by atoms with E-state index in [2.05, 4.69) is 15.4 Å². The molecule has 1 aliphatic heterocycles. The molecule has 0 aliphatic carbocycles. The van der Waals surface area contributed by atoms with Gasteiger partial charge in [-0.25, -0.2) is 15.2 Å². The van der Waals surface area contributed by atoms with Gasteiger partial charge in [-0.3, -0.25) is 5.43 Å². The van der Waals surface area contributed by atoms with Crippen LogP contribution >= 0.6 is 0 Å². The van der Waals surface area contributed by atoms with Crippen LogP contribution in [0, 0.1) is 5.82 Å². The van der Waals surface area contributed by atoms with Crippen LogP contribution < -0.4 is 16.2 Å². The van der Waals surface area contributed by atoms with Crippen molar-refractivity contribution in [2.75, 3.05) is 23.4 Å². The first kappa shape index (κ1) is 11.0. The van der Waals surface area contributed by atoms with Crippen LogP contribution in [-0.4, -0.2) is 34.3 Å². The van der Waals surface area contributed by atoms with Crippen LogP contribution in [0.25, 0.3) is 0 Å². The van der Waals surface area contributed by atoms with Crippen molar-refractivity contribution in [2.45, 2.75) is 18.9 Å². The highest BCUT2D eigenvalue weighted by atomic mass is 19.1. The number of aliphatic hydroxyl groups is 1. The Hall–Kier alpha value is -1.47. The summed E-state index contributed by atoms with van der Waals surface area (Å²) in [6, 6.07) is 0. The summed E-state index contributed by atoms with van der Waals surface area (Å²) in [7, 11) is 0. The molecule has 0 saturated carbocycles. The van der Waals surface area contributed by atoms with Gasteiger partial charge in [0.25, 0.3) is 0 Å². The molecule has 1 unspecified atom stereocenters.